The number of hydrogen-bond donors (Lipinski definition) is 1. The third-order valence-electron chi connectivity index (χ3n) is 2.63. The summed E-state index contributed by atoms with van der Waals surface area (Å²) in [5, 5.41) is 2.58. The fraction of sp³-hybridized carbons (Fsp3) is 0.533. The molecule has 0 spiro atoms. The second-order valence-electron chi connectivity index (χ2n) is 5.75. The van der Waals surface area contributed by atoms with Crippen LogP contribution in [0, 0.1) is 6.92 Å². The van der Waals surface area contributed by atoms with Crippen LogP contribution in [0.15, 0.2) is 18.5 Å². The molecule has 0 aliphatic carbocycles. The molecule has 1 rings (SSSR count). The normalized spacial score (nSPS) is 12.4. The molecule has 0 radical (unpaired) electrons. The number of rotatable bonds is 4. The number of esters is 1. The van der Waals surface area contributed by atoms with E-state index in [-0.39, 0.29) is 6.54 Å². The third kappa shape index (κ3) is 5.81. The van der Waals surface area contributed by atoms with Crippen LogP contribution < -0.4 is 5.32 Å². The van der Waals surface area contributed by atoms with Crippen LogP contribution in [0.5, 0.6) is 0 Å². The Bertz CT molecular complexity index is 509. The standard InChI is InChI=1S/C15H22N2O4/c1-10-6-11(8-16-7-10)12(13(18)20-5)9-17-14(19)21-15(2,3)4/h6-8,12H,9H2,1-5H3,(H,17,19). The van der Waals surface area contributed by atoms with Crippen LogP contribution in [-0.2, 0) is 14.3 Å². The summed E-state index contributed by atoms with van der Waals surface area (Å²) in [6.45, 7) is 7.29. The molecule has 0 saturated carbocycles. The molecule has 1 amide bonds. The van der Waals surface area contributed by atoms with Gasteiger partial charge < -0.3 is 14.8 Å². The first-order valence-corrected chi connectivity index (χ1v) is 6.69. The lowest BCUT2D eigenvalue weighted by molar-refractivity contribution is -0.142. The van der Waals surface area contributed by atoms with Crippen molar-refractivity contribution in [3.05, 3.63) is 29.6 Å². The smallest absolute Gasteiger partial charge is 0.407 e. The van der Waals surface area contributed by atoms with Gasteiger partial charge in [0.05, 0.1) is 7.11 Å². The maximum Gasteiger partial charge on any atom is 0.407 e. The topological polar surface area (TPSA) is 77.5 Å². The van der Waals surface area contributed by atoms with Gasteiger partial charge in [-0.05, 0) is 38.8 Å². The Morgan fingerprint density at radius 2 is 2.00 bits per heavy atom. The Morgan fingerprint density at radius 3 is 2.52 bits per heavy atom. The van der Waals surface area contributed by atoms with Crippen LogP contribution in [0.1, 0.15) is 37.8 Å². The first-order valence-electron chi connectivity index (χ1n) is 6.69. The summed E-state index contributed by atoms with van der Waals surface area (Å²) in [5.74, 6) is -1.05. The van der Waals surface area contributed by atoms with Gasteiger partial charge in [-0.15, -0.1) is 0 Å². The summed E-state index contributed by atoms with van der Waals surface area (Å²) in [7, 11) is 1.31. The van der Waals surface area contributed by atoms with E-state index in [1.165, 1.54) is 7.11 Å². The average molecular weight is 294 g/mol. The Balaban J connectivity index is 2.77. The van der Waals surface area contributed by atoms with E-state index in [0.717, 1.165) is 5.56 Å². The molecule has 6 heteroatoms. The van der Waals surface area contributed by atoms with Crippen molar-refractivity contribution in [2.75, 3.05) is 13.7 Å². The van der Waals surface area contributed by atoms with Gasteiger partial charge in [-0.25, -0.2) is 4.79 Å². The van der Waals surface area contributed by atoms with Crippen LogP contribution in [0.3, 0.4) is 0 Å². The van der Waals surface area contributed by atoms with Gasteiger partial charge in [-0.2, -0.15) is 0 Å². The van der Waals surface area contributed by atoms with Crippen LogP contribution in [0.4, 0.5) is 4.79 Å². The molecular weight excluding hydrogens is 272 g/mol. The van der Waals surface area contributed by atoms with Crippen molar-refractivity contribution in [1.29, 1.82) is 0 Å². The van der Waals surface area contributed by atoms with Gasteiger partial charge in [0, 0.05) is 18.9 Å². The molecule has 116 valence electrons. The van der Waals surface area contributed by atoms with E-state index in [0.29, 0.717) is 5.56 Å². The molecule has 1 aromatic heterocycles. The Labute approximate surface area is 124 Å². The van der Waals surface area contributed by atoms with Crippen LogP contribution in [0.25, 0.3) is 0 Å². The molecule has 0 aromatic carbocycles. The number of carbonyl (C=O) groups excluding carboxylic acids is 2. The number of pyridine rings is 1. The minimum Gasteiger partial charge on any atom is -0.468 e. The lowest BCUT2D eigenvalue weighted by Gasteiger charge is -2.21. The van der Waals surface area contributed by atoms with Crippen molar-refractivity contribution in [1.82, 2.24) is 10.3 Å². The van der Waals surface area contributed by atoms with Crippen molar-refractivity contribution in [3.63, 3.8) is 0 Å². The Hall–Kier alpha value is -2.11. The van der Waals surface area contributed by atoms with Crippen LogP contribution >= 0.6 is 0 Å². The Kier molecular flexibility index (Phi) is 5.69. The minimum atomic E-state index is -0.616. The molecule has 1 unspecified atom stereocenters. The lowest BCUT2D eigenvalue weighted by atomic mass is 10.00. The molecule has 21 heavy (non-hydrogen) atoms. The summed E-state index contributed by atoms with van der Waals surface area (Å²) < 4.78 is 9.92. The van der Waals surface area contributed by atoms with Gasteiger partial charge in [0.1, 0.15) is 11.5 Å². The summed E-state index contributed by atoms with van der Waals surface area (Å²) in [6.07, 6.45) is 2.71. The molecule has 6 nitrogen and oxygen atoms in total. The highest BCUT2D eigenvalue weighted by molar-refractivity contribution is 5.79. The lowest BCUT2D eigenvalue weighted by Crippen LogP contribution is -2.36. The molecular formula is C15H22N2O4. The van der Waals surface area contributed by atoms with Crippen molar-refractivity contribution >= 4 is 12.1 Å². The van der Waals surface area contributed by atoms with E-state index in [1.54, 1.807) is 33.2 Å². The van der Waals surface area contributed by atoms with E-state index < -0.39 is 23.6 Å². The number of methoxy groups -OCH3 is 1. The number of nitrogens with zero attached hydrogens (tertiary/aromatic N) is 1. The first kappa shape index (κ1) is 16.9. The number of aromatic nitrogens is 1. The van der Waals surface area contributed by atoms with Gasteiger partial charge in [-0.3, -0.25) is 9.78 Å². The molecule has 1 aromatic rings. The fourth-order valence-corrected chi connectivity index (χ4v) is 1.75. The average Bonchev–Trinajstić information content (AvgIpc) is 2.36. The van der Waals surface area contributed by atoms with Gasteiger partial charge in [0.15, 0.2) is 0 Å². The van der Waals surface area contributed by atoms with Crippen molar-refractivity contribution in [2.24, 2.45) is 0 Å². The van der Waals surface area contributed by atoms with E-state index in [4.69, 9.17) is 9.47 Å². The summed E-state index contributed by atoms with van der Waals surface area (Å²) >= 11 is 0. The van der Waals surface area contributed by atoms with Crippen molar-refractivity contribution in [2.45, 2.75) is 39.2 Å². The second-order valence-corrected chi connectivity index (χ2v) is 5.75. The van der Waals surface area contributed by atoms with Crippen LogP contribution in [0.2, 0.25) is 0 Å². The van der Waals surface area contributed by atoms with Crippen molar-refractivity contribution < 1.29 is 19.1 Å². The van der Waals surface area contributed by atoms with E-state index in [1.807, 2.05) is 13.0 Å². The zero-order valence-corrected chi connectivity index (χ0v) is 13.1. The third-order valence-corrected chi connectivity index (χ3v) is 2.63. The fourth-order valence-electron chi connectivity index (χ4n) is 1.75. The van der Waals surface area contributed by atoms with E-state index in [2.05, 4.69) is 10.3 Å². The first-order chi connectivity index (χ1) is 9.73. The van der Waals surface area contributed by atoms with Gasteiger partial charge >= 0.3 is 12.1 Å². The number of nitrogens with one attached hydrogen (secondary N) is 1. The molecule has 0 fully saturated rings. The maximum absolute atomic E-state index is 11.9. The molecule has 0 saturated heterocycles. The molecule has 1 heterocycles. The Morgan fingerprint density at radius 1 is 1.33 bits per heavy atom. The highest BCUT2D eigenvalue weighted by Crippen LogP contribution is 2.17. The predicted octanol–water partition coefficient (Wildman–Crippen LogP) is 2.17. The highest BCUT2D eigenvalue weighted by Gasteiger charge is 2.24. The predicted molar refractivity (Wildman–Crippen MR) is 78.0 cm³/mol. The second kappa shape index (κ2) is 7.06. The summed E-state index contributed by atoms with van der Waals surface area (Å²) in [5.41, 5.74) is 1.03. The number of carbonyl (C=O) groups is 2. The monoisotopic (exact) mass is 294 g/mol. The SMILES string of the molecule is COC(=O)C(CNC(=O)OC(C)(C)C)c1cncc(C)c1. The summed E-state index contributed by atoms with van der Waals surface area (Å²) in [4.78, 5) is 27.6. The summed E-state index contributed by atoms with van der Waals surface area (Å²) in [6, 6.07) is 1.84. The van der Waals surface area contributed by atoms with E-state index >= 15 is 0 Å². The number of alkyl carbamates (subject to hydrolysis) is 1. The molecule has 0 aliphatic heterocycles. The number of aryl methyl sites for hydroxylation is 1. The maximum atomic E-state index is 11.9. The molecule has 1 N–H and O–H groups in total. The zero-order valence-electron chi connectivity index (χ0n) is 13.1. The van der Waals surface area contributed by atoms with Gasteiger partial charge in [-0.1, -0.05) is 6.07 Å². The van der Waals surface area contributed by atoms with Crippen LogP contribution in [-0.4, -0.2) is 36.3 Å². The highest BCUT2D eigenvalue weighted by atomic mass is 16.6. The molecule has 1 atom stereocenters. The van der Waals surface area contributed by atoms with E-state index in [9.17, 15) is 9.59 Å². The number of amides is 1. The quantitative estimate of drug-likeness (QED) is 0.861. The van der Waals surface area contributed by atoms with Gasteiger partial charge in [0.2, 0.25) is 0 Å². The largest absolute Gasteiger partial charge is 0.468 e. The van der Waals surface area contributed by atoms with Gasteiger partial charge in [0.25, 0.3) is 0 Å². The zero-order chi connectivity index (χ0) is 16.0. The number of hydrogen-bond acceptors (Lipinski definition) is 5. The molecule has 0 bridgehead atoms. The number of ether oxygens (including phenoxy) is 2. The van der Waals surface area contributed by atoms with Crippen molar-refractivity contribution in [3.8, 4) is 0 Å². The molecule has 0 aliphatic rings. The minimum absolute atomic E-state index is 0.0900.